The number of benzene rings is 1. The van der Waals surface area contributed by atoms with Gasteiger partial charge in [-0.1, -0.05) is 18.3 Å². The number of hydrogen-bond acceptors (Lipinski definition) is 4. The van der Waals surface area contributed by atoms with E-state index < -0.39 is 0 Å². The Bertz CT molecular complexity index is 965. The van der Waals surface area contributed by atoms with Crippen molar-refractivity contribution >= 4 is 12.2 Å². The van der Waals surface area contributed by atoms with E-state index in [4.69, 9.17) is 21.9 Å². The van der Waals surface area contributed by atoms with Gasteiger partial charge in [-0.15, -0.1) is 0 Å². The quantitative estimate of drug-likeness (QED) is 0.635. The van der Waals surface area contributed by atoms with Crippen molar-refractivity contribution in [3.8, 4) is 17.1 Å². The lowest BCUT2D eigenvalue weighted by Gasteiger charge is -2.24. The summed E-state index contributed by atoms with van der Waals surface area (Å²) < 4.78 is 8.36. The minimum atomic E-state index is 0.743. The predicted molar refractivity (Wildman–Crippen MR) is 105 cm³/mol. The molecule has 0 bridgehead atoms. The molecule has 0 saturated carbocycles. The molecular weight excluding hydrogens is 342 g/mol. The van der Waals surface area contributed by atoms with Crippen LogP contribution in [0.15, 0.2) is 48.8 Å². The lowest BCUT2D eigenvalue weighted by molar-refractivity contribution is 0.415. The molecule has 5 heteroatoms. The molecule has 3 aromatic rings. The average Bonchev–Trinajstić information content (AvgIpc) is 2.71. The van der Waals surface area contributed by atoms with Crippen LogP contribution in [0.3, 0.4) is 0 Å². The van der Waals surface area contributed by atoms with Gasteiger partial charge in [0.05, 0.1) is 13.7 Å². The van der Waals surface area contributed by atoms with Crippen LogP contribution in [0.25, 0.3) is 11.4 Å². The molecule has 4 nitrogen and oxygen atoms in total. The van der Waals surface area contributed by atoms with Gasteiger partial charge in [-0.3, -0.25) is 4.98 Å². The van der Waals surface area contributed by atoms with E-state index in [0.29, 0.717) is 0 Å². The van der Waals surface area contributed by atoms with Gasteiger partial charge in [0.2, 0.25) is 0 Å². The molecule has 132 valence electrons. The molecule has 0 atom stereocenters. The molecule has 0 unspecified atom stereocenters. The third-order valence-corrected chi connectivity index (χ3v) is 5.24. The Kier molecular flexibility index (Phi) is 4.80. The van der Waals surface area contributed by atoms with E-state index >= 15 is 0 Å². The summed E-state index contributed by atoms with van der Waals surface area (Å²) in [4.78, 5) is 9.09. The number of fused-ring (bicyclic) bond motifs is 1. The summed E-state index contributed by atoms with van der Waals surface area (Å²) in [6.07, 6.45) is 8.18. The van der Waals surface area contributed by atoms with E-state index in [9.17, 15) is 0 Å². The van der Waals surface area contributed by atoms with Gasteiger partial charge in [-0.25, -0.2) is 4.98 Å². The zero-order chi connectivity index (χ0) is 17.9. The number of hydrogen-bond donors (Lipinski definition) is 0. The number of ether oxygens (including phenoxy) is 1. The Labute approximate surface area is 158 Å². The number of aromatic nitrogens is 3. The van der Waals surface area contributed by atoms with Crippen LogP contribution in [0.5, 0.6) is 5.75 Å². The van der Waals surface area contributed by atoms with Crippen molar-refractivity contribution < 1.29 is 4.74 Å². The van der Waals surface area contributed by atoms with Crippen LogP contribution >= 0.6 is 12.2 Å². The fourth-order valence-electron chi connectivity index (χ4n) is 3.57. The van der Waals surface area contributed by atoms with E-state index in [1.54, 1.807) is 13.3 Å². The molecule has 0 saturated heterocycles. The minimum absolute atomic E-state index is 0.743. The maximum atomic E-state index is 5.64. The Morgan fingerprint density at radius 1 is 1.12 bits per heavy atom. The molecule has 1 aliphatic carbocycles. The van der Waals surface area contributed by atoms with Crippen LogP contribution in [0.1, 0.15) is 29.7 Å². The van der Waals surface area contributed by atoms with Crippen LogP contribution in [0.2, 0.25) is 0 Å². The zero-order valence-corrected chi connectivity index (χ0v) is 15.6. The molecule has 4 rings (SSSR count). The monoisotopic (exact) mass is 363 g/mol. The van der Waals surface area contributed by atoms with Crippen molar-refractivity contribution in [3.63, 3.8) is 0 Å². The van der Waals surface area contributed by atoms with Crippen LogP contribution in [0.4, 0.5) is 0 Å². The second-order valence-corrected chi connectivity index (χ2v) is 6.94. The summed E-state index contributed by atoms with van der Waals surface area (Å²) in [5, 5.41) is 0. The molecule has 1 aliphatic rings. The van der Waals surface area contributed by atoms with Gasteiger partial charge in [-0.2, -0.15) is 0 Å². The lowest BCUT2D eigenvalue weighted by atomic mass is 9.96. The van der Waals surface area contributed by atoms with Gasteiger partial charge in [0.25, 0.3) is 0 Å². The van der Waals surface area contributed by atoms with Crippen molar-refractivity contribution in [2.75, 3.05) is 7.11 Å². The smallest absolute Gasteiger partial charge is 0.142 e. The molecule has 26 heavy (non-hydrogen) atoms. The largest absolute Gasteiger partial charge is 0.497 e. The average molecular weight is 363 g/mol. The number of methoxy groups -OCH3 is 1. The van der Waals surface area contributed by atoms with E-state index in [2.05, 4.69) is 15.6 Å². The third-order valence-electron chi connectivity index (χ3n) is 4.90. The Morgan fingerprint density at radius 3 is 2.65 bits per heavy atom. The van der Waals surface area contributed by atoms with Crippen molar-refractivity contribution in [1.29, 1.82) is 0 Å². The molecular formula is C21H21N3OS. The maximum Gasteiger partial charge on any atom is 0.142 e. The van der Waals surface area contributed by atoms with Crippen molar-refractivity contribution in [3.05, 3.63) is 70.3 Å². The summed E-state index contributed by atoms with van der Waals surface area (Å²) in [6.45, 7) is 0.750. The Balaban J connectivity index is 1.88. The molecule has 0 spiro atoms. The minimum Gasteiger partial charge on any atom is -0.497 e. The van der Waals surface area contributed by atoms with Crippen LogP contribution < -0.4 is 4.74 Å². The van der Waals surface area contributed by atoms with Gasteiger partial charge in [-0.05, 0) is 61.6 Å². The first-order chi connectivity index (χ1) is 12.8. The molecule has 0 aliphatic heterocycles. The van der Waals surface area contributed by atoms with Crippen LogP contribution in [-0.4, -0.2) is 21.6 Å². The second-order valence-electron chi connectivity index (χ2n) is 6.55. The zero-order valence-electron chi connectivity index (χ0n) is 14.8. The topological polar surface area (TPSA) is 39.9 Å². The SMILES string of the molecule is COc1ccc(-c2nc(=S)c3c(n2Cc2cccnc2)CCCC3)cc1. The summed E-state index contributed by atoms with van der Waals surface area (Å²) in [5.74, 6) is 1.76. The molecule has 0 fully saturated rings. The number of nitrogens with zero attached hydrogens (tertiary/aromatic N) is 3. The normalized spacial score (nSPS) is 13.3. The van der Waals surface area contributed by atoms with Crippen molar-refractivity contribution in [1.82, 2.24) is 14.5 Å². The number of rotatable bonds is 4. The van der Waals surface area contributed by atoms with E-state index in [1.807, 2.05) is 36.5 Å². The Hall–Kier alpha value is -2.53. The van der Waals surface area contributed by atoms with Gasteiger partial charge >= 0.3 is 0 Å². The summed E-state index contributed by atoms with van der Waals surface area (Å²) in [5.41, 5.74) is 4.78. The second kappa shape index (κ2) is 7.38. The highest BCUT2D eigenvalue weighted by atomic mass is 32.1. The molecule has 0 radical (unpaired) electrons. The highest BCUT2D eigenvalue weighted by Crippen LogP contribution is 2.29. The van der Waals surface area contributed by atoms with E-state index in [0.717, 1.165) is 41.2 Å². The van der Waals surface area contributed by atoms with Crippen molar-refractivity contribution in [2.24, 2.45) is 0 Å². The van der Waals surface area contributed by atoms with Gasteiger partial charge in [0, 0.05) is 29.2 Å². The molecule has 0 amide bonds. The van der Waals surface area contributed by atoms with E-state index in [1.165, 1.54) is 29.7 Å². The lowest BCUT2D eigenvalue weighted by Crippen LogP contribution is -2.19. The molecule has 0 N–H and O–H groups in total. The maximum absolute atomic E-state index is 5.64. The fraction of sp³-hybridized carbons (Fsp3) is 0.286. The van der Waals surface area contributed by atoms with Crippen molar-refractivity contribution in [2.45, 2.75) is 32.2 Å². The number of pyridine rings is 1. The first-order valence-electron chi connectivity index (χ1n) is 8.92. The molecule has 2 heterocycles. The first kappa shape index (κ1) is 16.9. The molecule has 2 aromatic heterocycles. The van der Waals surface area contributed by atoms with Gasteiger partial charge < -0.3 is 9.30 Å². The highest BCUT2D eigenvalue weighted by molar-refractivity contribution is 7.71. The summed E-state index contributed by atoms with van der Waals surface area (Å²) >= 11 is 5.64. The fourth-order valence-corrected chi connectivity index (χ4v) is 3.88. The third kappa shape index (κ3) is 3.27. The van der Waals surface area contributed by atoms with Crippen LogP contribution in [0, 0.1) is 4.64 Å². The summed E-state index contributed by atoms with van der Waals surface area (Å²) in [6, 6.07) is 12.1. The Morgan fingerprint density at radius 2 is 1.92 bits per heavy atom. The summed E-state index contributed by atoms with van der Waals surface area (Å²) in [7, 11) is 1.68. The van der Waals surface area contributed by atoms with Gasteiger partial charge in [0.1, 0.15) is 16.2 Å². The first-order valence-corrected chi connectivity index (χ1v) is 9.33. The highest BCUT2D eigenvalue weighted by Gasteiger charge is 2.19. The van der Waals surface area contributed by atoms with Gasteiger partial charge in [0.15, 0.2) is 0 Å². The van der Waals surface area contributed by atoms with Crippen LogP contribution in [-0.2, 0) is 19.4 Å². The molecule has 1 aromatic carbocycles. The van der Waals surface area contributed by atoms with E-state index in [-0.39, 0.29) is 0 Å². The standard InChI is InChI=1S/C21H21N3OS/c1-25-17-10-8-16(9-11-17)20-23-21(26)18-6-2-3-7-19(18)24(20)14-15-5-4-12-22-13-15/h4-5,8-13H,2-3,6-7,14H2,1H3. The predicted octanol–water partition coefficient (Wildman–Crippen LogP) is 4.61.